The van der Waals surface area contributed by atoms with Gasteiger partial charge in [0.15, 0.2) is 6.10 Å². The minimum atomic E-state index is -3.98. The van der Waals surface area contributed by atoms with Crippen LogP contribution in [0.1, 0.15) is 70.7 Å². The SMILES string of the molecule is CC(OC(=O)c1cc2c(cc1Cl)N1CCCCCC1=NS2(=O)=O)C(=O)N(C(C)C)C(C)C. The van der Waals surface area contributed by atoms with Gasteiger partial charge in [0, 0.05) is 25.0 Å². The third-order valence-corrected chi connectivity index (χ3v) is 7.30. The number of hydrogen-bond donors (Lipinski definition) is 0. The van der Waals surface area contributed by atoms with E-state index in [0.717, 1.165) is 19.3 Å². The lowest BCUT2D eigenvalue weighted by Gasteiger charge is -2.33. The van der Waals surface area contributed by atoms with Gasteiger partial charge in [-0.2, -0.15) is 8.42 Å². The van der Waals surface area contributed by atoms with Crippen LogP contribution in [0.4, 0.5) is 5.69 Å². The molecule has 176 valence electrons. The monoisotopic (exact) mass is 483 g/mol. The van der Waals surface area contributed by atoms with Gasteiger partial charge in [0.05, 0.1) is 16.3 Å². The molecule has 1 aromatic rings. The number of carbonyl (C=O) groups excluding carboxylic acids is 2. The maximum Gasteiger partial charge on any atom is 0.340 e. The van der Waals surface area contributed by atoms with Gasteiger partial charge >= 0.3 is 5.97 Å². The molecule has 3 rings (SSSR count). The molecule has 0 radical (unpaired) electrons. The van der Waals surface area contributed by atoms with Crippen LogP contribution in [-0.4, -0.2) is 55.8 Å². The Bertz CT molecular complexity index is 1040. The fourth-order valence-corrected chi connectivity index (χ4v) is 5.74. The van der Waals surface area contributed by atoms with Gasteiger partial charge in [-0.3, -0.25) is 4.79 Å². The number of amides is 1. The van der Waals surface area contributed by atoms with E-state index in [-0.39, 0.29) is 33.5 Å². The first-order valence-corrected chi connectivity index (χ1v) is 12.7. The molecule has 0 bridgehead atoms. The minimum Gasteiger partial charge on any atom is -0.449 e. The number of ether oxygens (including phenoxy) is 1. The van der Waals surface area contributed by atoms with Crippen LogP contribution in [0.3, 0.4) is 0 Å². The molecule has 0 spiro atoms. The van der Waals surface area contributed by atoms with E-state index in [1.807, 2.05) is 32.6 Å². The summed E-state index contributed by atoms with van der Waals surface area (Å²) in [5.74, 6) is -0.682. The van der Waals surface area contributed by atoms with E-state index in [2.05, 4.69) is 4.40 Å². The predicted octanol–water partition coefficient (Wildman–Crippen LogP) is 4.01. The Hall–Kier alpha value is -2.13. The quantitative estimate of drug-likeness (QED) is 0.587. The Morgan fingerprint density at radius 2 is 1.75 bits per heavy atom. The van der Waals surface area contributed by atoms with Gasteiger partial charge in [-0.25, -0.2) is 4.79 Å². The van der Waals surface area contributed by atoms with Gasteiger partial charge in [-0.1, -0.05) is 18.0 Å². The lowest BCUT2D eigenvalue weighted by Crippen LogP contribution is -2.47. The molecule has 0 N–H and O–H groups in total. The zero-order chi connectivity index (χ0) is 23.8. The minimum absolute atomic E-state index is 0.0678. The number of anilines is 1. The molecule has 8 nitrogen and oxygen atoms in total. The third-order valence-electron chi connectivity index (χ3n) is 5.66. The summed E-state index contributed by atoms with van der Waals surface area (Å²) in [7, 11) is -3.98. The van der Waals surface area contributed by atoms with Gasteiger partial charge in [0.25, 0.3) is 15.9 Å². The molecular weight excluding hydrogens is 454 g/mol. The summed E-state index contributed by atoms with van der Waals surface area (Å²) in [6, 6.07) is 2.55. The van der Waals surface area contributed by atoms with Gasteiger partial charge in [0.2, 0.25) is 0 Å². The predicted molar refractivity (Wildman–Crippen MR) is 124 cm³/mol. The van der Waals surface area contributed by atoms with Crippen LogP contribution in [0, 0.1) is 0 Å². The van der Waals surface area contributed by atoms with Crippen molar-refractivity contribution in [2.24, 2.45) is 4.40 Å². The Labute approximate surface area is 194 Å². The van der Waals surface area contributed by atoms with Crippen molar-refractivity contribution in [3.8, 4) is 0 Å². The molecule has 1 fully saturated rings. The highest BCUT2D eigenvalue weighted by Gasteiger charge is 2.34. The largest absolute Gasteiger partial charge is 0.449 e. The van der Waals surface area contributed by atoms with E-state index in [9.17, 15) is 18.0 Å². The average Bonchev–Trinajstić information content (AvgIpc) is 2.91. The zero-order valence-electron chi connectivity index (χ0n) is 19.1. The van der Waals surface area contributed by atoms with Crippen molar-refractivity contribution in [1.29, 1.82) is 0 Å². The van der Waals surface area contributed by atoms with Crippen molar-refractivity contribution in [1.82, 2.24) is 4.90 Å². The van der Waals surface area contributed by atoms with Crippen LogP contribution in [-0.2, 0) is 19.6 Å². The number of carbonyl (C=O) groups is 2. The van der Waals surface area contributed by atoms with E-state index >= 15 is 0 Å². The van der Waals surface area contributed by atoms with E-state index in [1.54, 1.807) is 4.90 Å². The molecule has 0 aromatic heterocycles. The first kappa shape index (κ1) is 24.5. The number of esters is 1. The zero-order valence-corrected chi connectivity index (χ0v) is 20.7. The molecule has 1 aromatic carbocycles. The number of sulfonamides is 1. The first-order valence-electron chi connectivity index (χ1n) is 10.9. The number of rotatable bonds is 5. The third kappa shape index (κ3) is 4.78. The van der Waals surface area contributed by atoms with Crippen molar-refractivity contribution in [2.45, 2.75) is 83.4 Å². The van der Waals surface area contributed by atoms with Crippen LogP contribution in [0.2, 0.25) is 5.02 Å². The molecule has 1 atom stereocenters. The van der Waals surface area contributed by atoms with Crippen molar-refractivity contribution in [2.75, 3.05) is 11.4 Å². The molecule has 2 aliphatic rings. The van der Waals surface area contributed by atoms with Crippen molar-refractivity contribution < 1.29 is 22.7 Å². The number of hydrogen-bond acceptors (Lipinski definition) is 6. The molecule has 0 saturated carbocycles. The maximum absolute atomic E-state index is 12.9. The molecule has 0 aliphatic carbocycles. The van der Waals surface area contributed by atoms with Crippen LogP contribution in [0.5, 0.6) is 0 Å². The Kier molecular flexibility index (Phi) is 7.19. The molecule has 1 amide bonds. The fourth-order valence-electron chi connectivity index (χ4n) is 4.24. The smallest absolute Gasteiger partial charge is 0.340 e. The summed E-state index contributed by atoms with van der Waals surface area (Å²) in [6.07, 6.45) is 2.28. The van der Waals surface area contributed by atoms with Gasteiger partial charge in [-0.05, 0) is 59.6 Å². The molecule has 1 saturated heterocycles. The molecular formula is C22H30ClN3O5S. The van der Waals surface area contributed by atoms with Crippen LogP contribution in [0.15, 0.2) is 21.4 Å². The van der Waals surface area contributed by atoms with Gasteiger partial charge in [0.1, 0.15) is 10.7 Å². The average molecular weight is 484 g/mol. The topological polar surface area (TPSA) is 96.3 Å². The number of benzene rings is 1. The molecule has 10 heteroatoms. The van der Waals surface area contributed by atoms with Gasteiger partial charge in [-0.15, -0.1) is 4.40 Å². The van der Waals surface area contributed by atoms with Crippen molar-refractivity contribution in [3.63, 3.8) is 0 Å². The molecule has 32 heavy (non-hydrogen) atoms. The lowest BCUT2D eigenvalue weighted by molar-refractivity contribution is -0.143. The van der Waals surface area contributed by atoms with E-state index in [0.29, 0.717) is 24.5 Å². The Balaban J connectivity index is 1.91. The van der Waals surface area contributed by atoms with Gasteiger partial charge < -0.3 is 14.5 Å². The summed E-state index contributed by atoms with van der Waals surface area (Å²) in [6.45, 7) is 9.66. The Morgan fingerprint density at radius 3 is 2.38 bits per heavy atom. The Morgan fingerprint density at radius 1 is 1.09 bits per heavy atom. The molecule has 2 heterocycles. The first-order chi connectivity index (χ1) is 14.9. The normalized spacial score (nSPS) is 18.4. The van der Waals surface area contributed by atoms with Crippen LogP contribution >= 0.6 is 11.6 Å². The number of amidine groups is 1. The van der Waals surface area contributed by atoms with E-state index in [1.165, 1.54) is 19.1 Å². The second kappa shape index (κ2) is 9.39. The highest BCUT2D eigenvalue weighted by atomic mass is 35.5. The number of fused-ring (bicyclic) bond motifs is 3. The van der Waals surface area contributed by atoms with Crippen molar-refractivity contribution >= 4 is 45.0 Å². The highest BCUT2D eigenvalue weighted by Crippen LogP contribution is 2.38. The summed E-state index contributed by atoms with van der Waals surface area (Å²) in [5, 5.41) is 0.0682. The summed E-state index contributed by atoms with van der Waals surface area (Å²) < 4.78 is 35.0. The summed E-state index contributed by atoms with van der Waals surface area (Å²) in [4.78, 5) is 29.1. The highest BCUT2D eigenvalue weighted by molar-refractivity contribution is 7.90. The number of nitrogens with zero attached hydrogens (tertiary/aromatic N) is 3. The van der Waals surface area contributed by atoms with Crippen molar-refractivity contribution in [3.05, 3.63) is 22.7 Å². The summed E-state index contributed by atoms with van der Waals surface area (Å²) >= 11 is 6.39. The standard InChI is InChI=1S/C22H30ClN3O5S/c1-13(2)26(14(3)4)21(27)15(5)31-22(28)16-11-19-18(12-17(16)23)25-10-8-6-7-9-20(25)24-32(19,29)30/h11-15H,6-10H2,1-5H3. The maximum atomic E-state index is 12.9. The van der Waals surface area contributed by atoms with E-state index < -0.39 is 22.1 Å². The molecule has 2 aliphatic heterocycles. The lowest BCUT2D eigenvalue weighted by atomic mass is 10.1. The fraction of sp³-hybridized carbons (Fsp3) is 0.591. The van der Waals surface area contributed by atoms with Crippen LogP contribution in [0.25, 0.3) is 0 Å². The summed E-state index contributed by atoms with van der Waals surface area (Å²) in [5.41, 5.74) is 0.316. The van der Waals surface area contributed by atoms with Crippen LogP contribution < -0.4 is 4.90 Å². The second-order valence-electron chi connectivity index (χ2n) is 8.73. The molecule has 1 unspecified atom stereocenters. The van der Waals surface area contributed by atoms with E-state index in [4.69, 9.17) is 16.3 Å². The second-order valence-corrected chi connectivity index (χ2v) is 10.7. The number of halogens is 1.